The Morgan fingerprint density at radius 3 is 2.19 bits per heavy atom. The maximum atomic E-state index is 13.0. The van der Waals surface area contributed by atoms with Crippen molar-refractivity contribution in [2.75, 3.05) is 0 Å². The van der Waals surface area contributed by atoms with E-state index in [1.165, 1.54) is 18.2 Å². The second-order valence-corrected chi connectivity index (χ2v) is 6.51. The number of nitrogens with two attached hydrogens (primary N) is 1. The van der Waals surface area contributed by atoms with Gasteiger partial charge in [0.25, 0.3) is 0 Å². The van der Waals surface area contributed by atoms with Crippen LogP contribution in [0.4, 0.5) is 4.39 Å². The van der Waals surface area contributed by atoms with Crippen molar-refractivity contribution in [3.8, 4) is 0 Å². The third-order valence-corrected chi connectivity index (χ3v) is 4.11. The van der Waals surface area contributed by atoms with Crippen LogP contribution in [0.2, 0.25) is 5.02 Å². The molecular weight excluding hydrogens is 315 g/mol. The number of rotatable bonds is 5. The highest BCUT2D eigenvalue weighted by Crippen LogP contribution is 2.16. The minimum absolute atomic E-state index is 0.0802. The summed E-state index contributed by atoms with van der Waals surface area (Å²) >= 11 is 5.70. The normalized spacial score (nSPS) is 11.6. The first-order valence-electron chi connectivity index (χ1n) is 6.12. The third-order valence-electron chi connectivity index (χ3n) is 2.89. The second-order valence-electron chi connectivity index (χ2n) is 4.54. The zero-order valence-corrected chi connectivity index (χ0v) is 12.6. The Bertz CT molecular complexity index is 733. The summed E-state index contributed by atoms with van der Waals surface area (Å²) in [6.07, 6.45) is 0. The quantitative estimate of drug-likeness (QED) is 0.885. The maximum absolute atomic E-state index is 13.0. The van der Waals surface area contributed by atoms with Gasteiger partial charge in [-0.15, -0.1) is 0 Å². The lowest BCUT2D eigenvalue weighted by atomic mass is 10.2. The van der Waals surface area contributed by atoms with Crippen LogP contribution in [-0.4, -0.2) is 8.42 Å². The highest BCUT2D eigenvalue weighted by atomic mass is 35.5. The van der Waals surface area contributed by atoms with E-state index in [0.717, 1.165) is 11.1 Å². The Morgan fingerprint density at radius 1 is 1.05 bits per heavy atom. The number of sulfonamides is 1. The van der Waals surface area contributed by atoms with Crippen LogP contribution < -0.4 is 10.5 Å². The van der Waals surface area contributed by atoms with Crippen LogP contribution in [0, 0.1) is 5.82 Å². The summed E-state index contributed by atoms with van der Waals surface area (Å²) in [7, 11) is -3.66. The monoisotopic (exact) mass is 328 g/mol. The molecule has 0 spiro atoms. The molecule has 2 aromatic rings. The van der Waals surface area contributed by atoms with Crippen LogP contribution in [0.15, 0.2) is 47.4 Å². The van der Waals surface area contributed by atoms with E-state index in [2.05, 4.69) is 5.32 Å². The van der Waals surface area contributed by atoms with Crippen molar-refractivity contribution < 1.29 is 12.8 Å². The molecule has 0 fully saturated rings. The molecule has 3 N–H and O–H groups in total. The Kier molecular flexibility index (Phi) is 4.95. The molecule has 0 heterocycles. The van der Waals surface area contributed by atoms with Gasteiger partial charge in [0.15, 0.2) is 0 Å². The molecule has 0 aliphatic rings. The molecular formula is C14H14ClFN2O2S. The molecule has 0 saturated carbocycles. The third kappa shape index (κ3) is 4.50. The largest absolute Gasteiger partial charge is 0.309 e. The van der Waals surface area contributed by atoms with Gasteiger partial charge in [-0.1, -0.05) is 29.8 Å². The average molecular weight is 329 g/mol. The first kappa shape index (κ1) is 15.9. The minimum Gasteiger partial charge on any atom is -0.309 e. The van der Waals surface area contributed by atoms with Crippen LogP contribution in [0.1, 0.15) is 11.1 Å². The molecule has 2 rings (SSSR count). The number of hydrogen-bond donors (Lipinski definition) is 2. The van der Waals surface area contributed by atoms with E-state index in [-0.39, 0.29) is 9.92 Å². The van der Waals surface area contributed by atoms with Crippen LogP contribution >= 0.6 is 11.6 Å². The lowest BCUT2D eigenvalue weighted by Crippen LogP contribution is -2.14. The minimum atomic E-state index is -3.66. The lowest BCUT2D eigenvalue weighted by Gasteiger charge is -2.06. The van der Waals surface area contributed by atoms with Crippen molar-refractivity contribution in [2.45, 2.75) is 18.0 Å². The fraction of sp³-hybridized carbons (Fsp3) is 0.143. The topological polar surface area (TPSA) is 72.2 Å². The number of nitrogens with one attached hydrogen (secondary N) is 1. The van der Waals surface area contributed by atoms with Gasteiger partial charge in [-0.3, -0.25) is 0 Å². The van der Waals surface area contributed by atoms with Crippen molar-refractivity contribution in [3.05, 3.63) is 64.4 Å². The van der Waals surface area contributed by atoms with Crippen molar-refractivity contribution in [1.29, 1.82) is 0 Å². The van der Waals surface area contributed by atoms with Crippen LogP contribution in [-0.2, 0) is 23.1 Å². The number of primary sulfonamides is 1. The van der Waals surface area contributed by atoms with Gasteiger partial charge in [-0.05, 0) is 35.4 Å². The molecule has 0 saturated heterocycles. The summed E-state index contributed by atoms with van der Waals surface area (Å²) in [5.41, 5.74) is 1.78. The fourth-order valence-electron chi connectivity index (χ4n) is 1.80. The van der Waals surface area contributed by atoms with Gasteiger partial charge in [0, 0.05) is 13.1 Å². The molecule has 4 nitrogen and oxygen atoms in total. The first-order chi connectivity index (χ1) is 9.86. The van der Waals surface area contributed by atoms with Gasteiger partial charge >= 0.3 is 0 Å². The number of halogens is 2. The summed E-state index contributed by atoms with van der Waals surface area (Å²) < 4.78 is 35.3. The van der Waals surface area contributed by atoms with E-state index in [1.807, 2.05) is 0 Å². The summed E-state index contributed by atoms with van der Waals surface area (Å²) in [4.78, 5) is 0.0802. The van der Waals surface area contributed by atoms with Crippen molar-refractivity contribution in [1.82, 2.24) is 5.32 Å². The SMILES string of the molecule is NS(=O)(=O)c1ccc(CNCc2ccc(F)c(Cl)c2)cc1. The van der Waals surface area contributed by atoms with E-state index >= 15 is 0 Å². The Balaban J connectivity index is 1.93. The van der Waals surface area contributed by atoms with Crippen LogP contribution in [0.25, 0.3) is 0 Å². The van der Waals surface area contributed by atoms with Crippen molar-refractivity contribution in [2.24, 2.45) is 5.14 Å². The van der Waals surface area contributed by atoms with E-state index in [9.17, 15) is 12.8 Å². The van der Waals surface area contributed by atoms with Gasteiger partial charge in [0.2, 0.25) is 10.0 Å². The lowest BCUT2D eigenvalue weighted by molar-refractivity contribution is 0.597. The summed E-state index contributed by atoms with van der Waals surface area (Å²) in [5.74, 6) is -0.445. The van der Waals surface area contributed by atoms with Gasteiger partial charge in [0.05, 0.1) is 9.92 Å². The molecule has 21 heavy (non-hydrogen) atoms. The summed E-state index contributed by atoms with van der Waals surface area (Å²) in [6.45, 7) is 1.07. The first-order valence-corrected chi connectivity index (χ1v) is 8.05. The molecule has 7 heteroatoms. The predicted octanol–water partition coefficient (Wildman–Crippen LogP) is 2.42. The molecule has 0 aromatic heterocycles. The Hall–Kier alpha value is -1.47. The molecule has 0 radical (unpaired) electrons. The molecule has 0 amide bonds. The molecule has 0 aliphatic carbocycles. The van der Waals surface area contributed by atoms with E-state index in [1.54, 1.807) is 24.3 Å². The van der Waals surface area contributed by atoms with Gasteiger partial charge < -0.3 is 5.32 Å². The highest BCUT2D eigenvalue weighted by Gasteiger charge is 2.06. The number of hydrogen-bond acceptors (Lipinski definition) is 3. The summed E-state index contributed by atoms with van der Waals surface area (Å²) in [6, 6.07) is 10.8. The van der Waals surface area contributed by atoms with E-state index < -0.39 is 15.8 Å². The molecule has 112 valence electrons. The Morgan fingerprint density at radius 2 is 1.62 bits per heavy atom. The highest BCUT2D eigenvalue weighted by molar-refractivity contribution is 7.89. The smallest absolute Gasteiger partial charge is 0.238 e. The Labute approximate surface area is 127 Å². The van der Waals surface area contributed by atoms with Gasteiger partial charge in [-0.25, -0.2) is 17.9 Å². The van der Waals surface area contributed by atoms with Crippen LogP contribution in [0.3, 0.4) is 0 Å². The van der Waals surface area contributed by atoms with Crippen molar-refractivity contribution in [3.63, 3.8) is 0 Å². The molecule has 2 aromatic carbocycles. The summed E-state index contributed by atoms with van der Waals surface area (Å²) in [5, 5.41) is 8.27. The molecule has 0 atom stereocenters. The molecule has 0 bridgehead atoms. The van der Waals surface area contributed by atoms with Crippen molar-refractivity contribution >= 4 is 21.6 Å². The van der Waals surface area contributed by atoms with Crippen LogP contribution in [0.5, 0.6) is 0 Å². The number of benzene rings is 2. The maximum Gasteiger partial charge on any atom is 0.238 e. The van der Waals surface area contributed by atoms with Gasteiger partial charge in [-0.2, -0.15) is 0 Å². The molecule has 0 unspecified atom stereocenters. The standard InChI is InChI=1S/C14H14ClFN2O2S/c15-13-7-11(3-6-14(13)16)9-18-8-10-1-4-12(5-2-10)21(17,19)20/h1-7,18H,8-9H2,(H2,17,19,20). The zero-order chi connectivity index (χ0) is 15.5. The van der Waals surface area contributed by atoms with Gasteiger partial charge in [0.1, 0.15) is 5.82 Å². The average Bonchev–Trinajstić information content (AvgIpc) is 2.42. The fourth-order valence-corrected chi connectivity index (χ4v) is 2.52. The molecule has 0 aliphatic heterocycles. The van der Waals surface area contributed by atoms with E-state index in [4.69, 9.17) is 16.7 Å². The predicted molar refractivity (Wildman–Crippen MR) is 79.8 cm³/mol. The zero-order valence-electron chi connectivity index (χ0n) is 11.0. The van der Waals surface area contributed by atoms with E-state index in [0.29, 0.717) is 13.1 Å². The second kappa shape index (κ2) is 6.53.